The molecule has 0 spiro atoms. The zero-order valence-corrected chi connectivity index (χ0v) is 5.92. The number of hydrogen-bond donors (Lipinski definition) is 1. The quantitative estimate of drug-likeness (QED) is 0.583. The van der Waals surface area contributed by atoms with Crippen molar-refractivity contribution >= 4 is 5.97 Å². The number of carboxylic acids is 1. The van der Waals surface area contributed by atoms with Crippen molar-refractivity contribution in [1.29, 1.82) is 0 Å². The summed E-state index contributed by atoms with van der Waals surface area (Å²) in [6.07, 6.45) is 3.94. The van der Waals surface area contributed by atoms with E-state index in [1.807, 2.05) is 0 Å². The first-order valence-electron chi connectivity index (χ1n) is 3.70. The van der Waals surface area contributed by atoms with Crippen molar-refractivity contribution in [3.8, 4) is 0 Å². The Morgan fingerprint density at radius 2 is 2.20 bits per heavy atom. The van der Waals surface area contributed by atoms with E-state index in [9.17, 15) is 4.79 Å². The third-order valence-electron chi connectivity index (χ3n) is 1.77. The molecule has 1 atom stereocenters. The lowest BCUT2D eigenvalue weighted by molar-refractivity contribution is -0.139. The minimum atomic E-state index is -0.762. The maximum absolute atomic E-state index is 10.4. The topological polar surface area (TPSA) is 51.4 Å². The zero-order valence-electron chi connectivity index (χ0n) is 5.92. The molecule has 0 amide bonds. The highest BCUT2D eigenvalue weighted by Gasteiger charge is 2.18. The van der Waals surface area contributed by atoms with Crippen LogP contribution >= 0.6 is 0 Å². The summed E-state index contributed by atoms with van der Waals surface area (Å²) in [7, 11) is 0. The van der Waals surface area contributed by atoms with Crippen LogP contribution in [0.2, 0.25) is 0 Å². The van der Waals surface area contributed by atoms with Crippen LogP contribution in [-0.2, 0) is 4.79 Å². The molecule has 1 radical (unpaired) electrons. The van der Waals surface area contributed by atoms with Crippen molar-refractivity contribution in [3.63, 3.8) is 0 Å². The first-order chi connectivity index (χ1) is 4.80. The maximum atomic E-state index is 10.4. The van der Waals surface area contributed by atoms with E-state index in [2.05, 4.69) is 5.32 Å². The van der Waals surface area contributed by atoms with Gasteiger partial charge in [0.05, 0.1) is 0 Å². The lowest BCUT2D eigenvalue weighted by Gasteiger charge is -2.06. The number of hydrogen-bond acceptors (Lipinski definition) is 1. The van der Waals surface area contributed by atoms with Crippen LogP contribution in [0.4, 0.5) is 0 Å². The summed E-state index contributed by atoms with van der Waals surface area (Å²) < 4.78 is 0. The highest BCUT2D eigenvalue weighted by molar-refractivity contribution is 5.73. The average molecular weight is 142 g/mol. The molecule has 1 rings (SSSR count). The molecule has 3 nitrogen and oxygen atoms in total. The number of nitrogens with zero attached hydrogens (tertiary/aromatic N) is 1. The Hall–Kier alpha value is -0.570. The molecule has 1 fully saturated rings. The van der Waals surface area contributed by atoms with E-state index in [0.29, 0.717) is 0 Å². The van der Waals surface area contributed by atoms with Gasteiger partial charge in [0, 0.05) is 6.54 Å². The highest BCUT2D eigenvalue weighted by atomic mass is 16.4. The molecule has 0 aromatic carbocycles. The van der Waals surface area contributed by atoms with Crippen LogP contribution < -0.4 is 5.32 Å². The van der Waals surface area contributed by atoms with E-state index in [-0.39, 0.29) is 0 Å². The summed E-state index contributed by atoms with van der Waals surface area (Å²) in [5.74, 6) is -0.762. The molecule has 1 unspecified atom stereocenters. The SMILES string of the molecule is O=C(O)C1CCCCC[N]1. The molecule has 0 aromatic heterocycles. The van der Waals surface area contributed by atoms with Crippen molar-refractivity contribution in [2.75, 3.05) is 6.54 Å². The summed E-state index contributed by atoms with van der Waals surface area (Å²) in [6, 6.07) is -0.414. The standard InChI is InChI=1S/C7H12NO2/c9-7(10)6-4-2-1-3-5-8-6/h6H,1-5H2,(H,9,10). The normalized spacial score (nSPS) is 27.4. The second-order valence-electron chi connectivity index (χ2n) is 2.61. The highest BCUT2D eigenvalue weighted by Crippen LogP contribution is 2.09. The first-order valence-corrected chi connectivity index (χ1v) is 3.70. The van der Waals surface area contributed by atoms with E-state index in [0.717, 1.165) is 32.2 Å². The number of aliphatic carboxylic acids is 1. The van der Waals surface area contributed by atoms with Crippen molar-refractivity contribution in [2.24, 2.45) is 0 Å². The molecule has 3 heteroatoms. The van der Waals surface area contributed by atoms with E-state index in [1.54, 1.807) is 0 Å². The predicted molar refractivity (Wildman–Crippen MR) is 36.9 cm³/mol. The van der Waals surface area contributed by atoms with Crippen LogP contribution in [0.25, 0.3) is 0 Å². The fourth-order valence-corrected chi connectivity index (χ4v) is 1.17. The Morgan fingerprint density at radius 1 is 1.40 bits per heavy atom. The van der Waals surface area contributed by atoms with Crippen molar-refractivity contribution < 1.29 is 9.90 Å². The molecule has 0 aliphatic carbocycles. The van der Waals surface area contributed by atoms with Crippen molar-refractivity contribution in [2.45, 2.75) is 31.7 Å². The first kappa shape index (κ1) is 7.54. The van der Waals surface area contributed by atoms with Crippen LogP contribution in [0.3, 0.4) is 0 Å². The maximum Gasteiger partial charge on any atom is 0.322 e. The molecule has 1 saturated heterocycles. The molecule has 0 aromatic rings. The summed E-state index contributed by atoms with van der Waals surface area (Å²) in [5, 5.41) is 12.6. The smallest absolute Gasteiger partial charge is 0.322 e. The van der Waals surface area contributed by atoms with Gasteiger partial charge in [0.15, 0.2) is 0 Å². The molecule has 0 bridgehead atoms. The van der Waals surface area contributed by atoms with Gasteiger partial charge in [0.2, 0.25) is 0 Å². The van der Waals surface area contributed by atoms with Gasteiger partial charge >= 0.3 is 5.97 Å². The van der Waals surface area contributed by atoms with Crippen molar-refractivity contribution in [1.82, 2.24) is 5.32 Å². The third kappa shape index (κ3) is 1.99. The second kappa shape index (κ2) is 3.56. The van der Waals surface area contributed by atoms with Gasteiger partial charge in [-0.3, -0.25) is 4.79 Å². The molecule has 57 valence electrons. The van der Waals surface area contributed by atoms with Crippen LogP contribution in [0.1, 0.15) is 25.7 Å². The summed E-state index contributed by atoms with van der Waals surface area (Å²) in [4.78, 5) is 10.4. The zero-order chi connectivity index (χ0) is 7.40. The van der Waals surface area contributed by atoms with Gasteiger partial charge < -0.3 is 5.11 Å². The Morgan fingerprint density at radius 3 is 2.90 bits per heavy atom. The monoisotopic (exact) mass is 142 g/mol. The average Bonchev–Trinajstić information content (AvgIpc) is 2.12. The lowest BCUT2D eigenvalue weighted by atomic mass is 10.1. The Kier molecular flexibility index (Phi) is 2.68. The van der Waals surface area contributed by atoms with Crippen LogP contribution in [0, 0.1) is 0 Å². The van der Waals surface area contributed by atoms with Gasteiger partial charge in [-0.2, -0.15) is 0 Å². The van der Waals surface area contributed by atoms with E-state index < -0.39 is 12.0 Å². The van der Waals surface area contributed by atoms with Gasteiger partial charge in [-0.05, 0) is 12.8 Å². The third-order valence-corrected chi connectivity index (χ3v) is 1.77. The van der Waals surface area contributed by atoms with Crippen LogP contribution in [0.15, 0.2) is 0 Å². The molecule has 0 saturated carbocycles. The van der Waals surface area contributed by atoms with Gasteiger partial charge in [-0.15, -0.1) is 0 Å². The van der Waals surface area contributed by atoms with Gasteiger partial charge in [-0.1, -0.05) is 12.8 Å². The number of carbonyl (C=O) groups is 1. The van der Waals surface area contributed by atoms with E-state index in [1.165, 1.54) is 0 Å². The minimum Gasteiger partial charge on any atom is -0.480 e. The molecule has 1 N–H and O–H groups in total. The van der Waals surface area contributed by atoms with Crippen molar-refractivity contribution in [3.05, 3.63) is 0 Å². The molecular formula is C7H12NO2. The van der Waals surface area contributed by atoms with Gasteiger partial charge in [0.1, 0.15) is 6.04 Å². The minimum absolute atomic E-state index is 0.414. The van der Waals surface area contributed by atoms with E-state index >= 15 is 0 Å². The molecule has 10 heavy (non-hydrogen) atoms. The second-order valence-corrected chi connectivity index (χ2v) is 2.61. The fourth-order valence-electron chi connectivity index (χ4n) is 1.17. The number of carboxylic acid groups (broad SMARTS) is 1. The van der Waals surface area contributed by atoms with Gasteiger partial charge in [0.25, 0.3) is 0 Å². The Bertz CT molecular complexity index is 117. The fraction of sp³-hybridized carbons (Fsp3) is 0.857. The summed E-state index contributed by atoms with van der Waals surface area (Å²) >= 11 is 0. The predicted octanol–water partition coefficient (Wildman–Crippen LogP) is 0.618. The Balaban J connectivity index is 2.35. The summed E-state index contributed by atoms with van der Waals surface area (Å²) in [6.45, 7) is 0.733. The van der Waals surface area contributed by atoms with Gasteiger partial charge in [-0.25, -0.2) is 5.32 Å². The van der Waals surface area contributed by atoms with Crippen LogP contribution in [0.5, 0.6) is 0 Å². The largest absolute Gasteiger partial charge is 0.480 e. The molecule has 1 heterocycles. The molecule has 1 aliphatic heterocycles. The Labute approximate surface area is 60.4 Å². The lowest BCUT2D eigenvalue weighted by Crippen LogP contribution is -2.29. The number of rotatable bonds is 1. The summed E-state index contributed by atoms with van der Waals surface area (Å²) in [5.41, 5.74) is 0. The van der Waals surface area contributed by atoms with Crippen LogP contribution in [-0.4, -0.2) is 23.7 Å². The molecular weight excluding hydrogens is 130 g/mol. The van der Waals surface area contributed by atoms with E-state index in [4.69, 9.17) is 5.11 Å². The molecule has 1 aliphatic rings.